The first kappa shape index (κ1) is 17.9. The molecule has 1 aliphatic rings. The number of hydrogen-bond acceptors (Lipinski definition) is 3. The lowest BCUT2D eigenvalue weighted by Gasteiger charge is -2.21. The number of benzene rings is 1. The zero-order valence-corrected chi connectivity index (χ0v) is 14.7. The van der Waals surface area contributed by atoms with E-state index in [1.54, 1.807) is 0 Å². The van der Waals surface area contributed by atoms with Crippen LogP contribution in [-0.4, -0.2) is 14.3 Å². The van der Waals surface area contributed by atoms with Crippen LogP contribution in [0.15, 0.2) is 17.0 Å². The van der Waals surface area contributed by atoms with Crippen LogP contribution in [0, 0.1) is 19.8 Å². The molecule has 0 heterocycles. The second-order valence-electron chi connectivity index (χ2n) is 6.55. The number of anilines is 1. The van der Waals surface area contributed by atoms with Crippen molar-refractivity contribution < 1.29 is 13.2 Å². The summed E-state index contributed by atoms with van der Waals surface area (Å²) < 4.78 is 23.1. The second-order valence-corrected chi connectivity index (χ2v) is 8.11. The van der Waals surface area contributed by atoms with Crippen molar-refractivity contribution in [3.8, 4) is 0 Å². The van der Waals surface area contributed by atoms with Crippen LogP contribution in [0.2, 0.25) is 0 Å². The van der Waals surface area contributed by atoms with Gasteiger partial charge in [0.15, 0.2) is 0 Å². The summed E-state index contributed by atoms with van der Waals surface area (Å²) in [7, 11) is -3.78. The molecule has 0 spiro atoms. The van der Waals surface area contributed by atoms with Gasteiger partial charge in [-0.15, -0.1) is 0 Å². The van der Waals surface area contributed by atoms with Crippen LogP contribution >= 0.6 is 0 Å². The molecule has 1 saturated carbocycles. The van der Waals surface area contributed by atoms with Crippen molar-refractivity contribution in [2.45, 2.75) is 63.7 Å². The molecule has 0 atom stereocenters. The summed E-state index contributed by atoms with van der Waals surface area (Å²) in [4.78, 5) is 12.2. The Morgan fingerprint density at radius 2 is 1.87 bits per heavy atom. The number of carbonyl (C=O) groups is 1. The van der Waals surface area contributed by atoms with E-state index < -0.39 is 10.0 Å². The Bertz CT molecular complexity index is 677. The van der Waals surface area contributed by atoms with Crippen LogP contribution in [-0.2, 0) is 14.8 Å². The monoisotopic (exact) mass is 338 g/mol. The minimum atomic E-state index is -3.78. The van der Waals surface area contributed by atoms with Crippen molar-refractivity contribution >= 4 is 21.6 Å². The van der Waals surface area contributed by atoms with Crippen LogP contribution in [0.3, 0.4) is 0 Å². The number of hydrogen-bond donors (Lipinski definition) is 2. The van der Waals surface area contributed by atoms with E-state index in [1.807, 2.05) is 13.8 Å². The van der Waals surface area contributed by atoms with Crippen LogP contribution in [0.1, 0.15) is 56.1 Å². The Morgan fingerprint density at radius 3 is 2.48 bits per heavy atom. The molecule has 3 N–H and O–H groups in total. The van der Waals surface area contributed by atoms with E-state index in [1.165, 1.54) is 44.2 Å². The van der Waals surface area contributed by atoms with E-state index in [-0.39, 0.29) is 10.8 Å². The molecule has 1 fully saturated rings. The zero-order chi connectivity index (χ0) is 17.0. The van der Waals surface area contributed by atoms with Crippen molar-refractivity contribution in [2.24, 2.45) is 11.1 Å². The molecule has 0 aromatic heterocycles. The number of nitrogens with two attached hydrogens (primary N) is 1. The van der Waals surface area contributed by atoms with Crippen molar-refractivity contribution in [3.05, 3.63) is 23.3 Å². The molecule has 0 radical (unpaired) electrons. The number of aryl methyl sites for hydroxylation is 1. The third-order valence-electron chi connectivity index (χ3n) is 4.75. The minimum Gasteiger partial charge on any atom is -0.326 e. The fourth-order valence-corrected chi connectivity index (χ4v) is 3.77. The van der Waals surface area contributed by atoms with Crippen molar-refractivity contribution in [3.63, 3.8) is 0 Å². The summed E-state index contributed by atoms with van der Waals surface area (Å²) in [5.74, 6) is 0.581. The lowest BCUT2D eigenvalue weighted by Crippen LogP contribution is -2.17. The number of carbonyl (C=O) groups excluding carboxylic acids is 1. The molecule has 0 bridgehead atoms. The van der Waals surface area contributed by atoms with Gasteiger partial charge in [0.2, 0.25) is 15.9 Å². The van der Waals surface area contributed by atoms with Crippen molar-refractivity contribution in [2.75, 3.05) is 5.32 Å². The van der Waals surface area contributed by atoms with Gasteiger partial charge in [0.05, 0.1) is 4.90 Å². The molecular weight excluding hydrogens is 312 g/mol. The van der Waals surface area contributed by atoms with Crippen molar-refractivity contribution in [1.29, 1.82) is 0 Å². The van der Waals surface area contributed by atoms with Gasteiger partial charge in [0.1, 0.15) is 0 Å². The molecule has 0 saturated heterocycles. The Morgan fingerprint density at radius 1 is 1.22 bits per heavy atom. The van der Waals surface area contributed by atoms with E-state index >= 15 is 0 Å². The molecule has 5 nitrogen and oxygen atoms in total. The lowest BCUT2D eigenvalue weighted by molar-refractivity contribution is -0.116. The number of amides is 1. The van der Waals surface area contributed by atoms with E-state index in [0.717, 1.165) is 17.5 Å². The average molecular weight is 338 g/mol. The van der Waals surface area contributed by atoms with E-state index in [0.29, 0.717) is 18.0 Å². The first-order chi connectivity index (χ1) is 10.8. The highest BCUT2D eigenvalue weighted by Crippen LogP contribution is 2.28. The maximum absolute atomic E-state index is 12.2. The highest BCUT2D eigenvalue weighted by molar-refractivity contribution is 7.89. The molecule has 2 rings (SSSR count). The Labute approximate surface area is 138 Å². The van der Waals surface area contributed by atoms with Gasteiger partial charge in [0.25, 0.3) is 0 Å². The Kier molecular flexibility index (Phi) is 5.81. The van der Waals surface area contributed by atoms with Crippen LogP contribution in [0.25, 0.3) is 0 Å². The van der Waals surface area contributed by atoms with Crippen LogP contribution in [0.5, 0.6) is 0 Å². The minimum absolute atomic E-state index is 0.0307. The summed E-state index contributed by atoms with van der Waals surface area (Å²) >= 11 is 0. The van der Waals surface area contributed by atoms with Gasteiger partial charge >= 0.3 is 0 Å². The first-order valence-electron chi connectivity index (χ1n) is 8.21. The third kappa shape index (κ3) is 5.04. The van der Waals surface area contributed by atoms with Gasteiger partial charge in [-0.25, -0.2) is 13.6 Å². The molecular formula is C17H26N2O3S. The third-order valence-corrected chi connectivity index (χ3v) is 5.64. The van der Waals surface area contributed by atoms with Gasteiger partial charge < -0.3 is 5.32 Å². The summed E-state index contributed by atoms with van der Waals surface area (Å²) in [6.45, 7) is 3.67. The molecule has 6 heteroatoms. The SMILES string of the molecule is Cc1cc(S(N)(=O)=O)cc(NC(=O)CCC2CCCCC2)c1C. The highest BCUT2D eigenvalue weighted by atomic mass is 32.2. The van der Waals surface area contributed by atoms with Crippen LogP contribution in [0.4, 0.5) is 5.69 Å². The zero-order valence-electron chi connectivity index (χ0n) is 13.9. The standard InChI is InChI=1S/C17H26N2O3S/c1-12-10-15(23(18,21)22)11-16(13(12)2)19-17(20)9-8-14-6-4-3-5-7-14/h10-11,14H,3-9H2,1-2H3,(H,19,20)(H2,18,21,22). The Hall–Kier alpha value is -1.40. The second kappa shape index (κ2) is 7.45. The Balaban J connectivity index is 2.03. The van der Waals surface area contributed by atoms with Gasteiger partial charge in [0, 0.05) is 12.1 Å². The summed E-state index contributed by atoms with van der Waals surface area (Å²) in [6.07, 6.45) is 7.64. The smallest absolute Gasteiger partial charge is 0.238 e. The van der Waals surface area contributed by atoms with Gasteiger partial charge in [-0.1, -0.05) is 32.1 Å². The van der Waals surface area contributed by atoms with E-state index in [9.17, 15) is 13.2 Å². The molecule has 1 aromatic carbocycles. The van der Waals surface area contributed by atoms with Crippen LogP contribution < -0.4 is 10.5 Å². The molecule has 1 aromatic rings. The number of primary sulfonamides is 1. The van der Waals surface area contributed by atoms with Gasteiger partial charge in [-0.3, -0.25) is 4.79 Å². The highest BCUT2D eigenvalue weighted by Gasteiger charge is 2.17. The summed E-state index contributed by atoms with van der Waals surface area (Å²) in [5.41, 5.74) is 2.19. The number of sulfonamides is 1. The maximum Gasteiger partial charge on any atom is 0.238 e. The largest absolute Gasteiger partial charge is 0.326 e. The fourth-order valence-electron chi connectivity index (χ4n) is 3.14. The summed E-state index contributed by atoms with van der Waals surface area (Å²) in [5, 5.41) is 8.04. The first-order valence-corrected chi connectivity index (χ1v) is 9.76. The maximum atomic E-state index is 12.2. The fraction of sp³-hybridized carbons (Fsp3) is 0.588. The quantitative estimate of drug-likeness (QED) is 0.863. The molecule has 0 unspecified atom stereocenters. The predicted octanol–water partition coefficient (Wildman–Crippen LogP) is 3.25. The summed E-state index contributed by atoms with van der Waals surface area (Å²) in [6, 6.07) is 2.97. The van der Waals surface area contributed by atoms with Gasteiger partial charge in [-0.05, 0) is 49.4 Å². The molecule has 1 aliphatic carbocycles. The molecule has 1 amide bonds. The van der Waals surface area contributed by atoms with E-state index in [4.69, 9.17) is 5.14 Å². The number of rotatable bonds is 5. The average Bonchev–Trinajstić information content (AvgIpc) is 2.49. The lowest BCUT2D eigenvalue weighted by atomic mass is 9.86. The van der Waals surface area contributed by atoms with E-state index in [2.05, 4.69) is 5.32 Å². The predicted molar refractivity (Wildman–Crippen MR) is 91.7 cm³/mol. The number of nitrogens with one attached hydrogen (secondary N) is 1. The molecule has 128 valence electrons. The topological polar surface area (TPSA) is 89.3 Å². The molecule has 0 aliphatic heterocycles. The molecule has 23 heavy (non-hydrogen) atoms. The normalized spacial score (nSPS) is 16.3. The van der Waals surface area contributed by atoms with Crippen molar-refractivity contribution in [1.82, 2.24) is 0 Å². The van der Waals surface area contributed by atoms with Gasteiger partial charge in [-0.2, -0.15) is 0 Å².